The van der Waals surface area contributed by atoms with Crippen LogP contribution >= 0.6 is 0 Å². The lowest BCUT2D eigenvalue weighted by Crippen LogP contribution is -2.32. The second-order valence-corrected chi connectivity index (χ2v) is 10.4. The van der Waals surface area contributed by atoms with Crippen LogP contribution in [0, 0.1) is 11.6 Å². The van der Waals surface area contributed by atoms with E-state index in [1.54, 1.807) is 6.07 Å². The highest BCUT2D eigenvalue weighted by Gasteiger charge is 2.28. The number of nitrogens with zero attached hydrogens (tertiary/aromatic N) is 2. The third-order valence-corrected chi connectivity index (χ3v) is 7.89. The highest BCUT2D eigenvalue weighted by atomic mass is 19.2. The molecule has 38 heavy (non-hydrogen) atoms. The smallest absolute Gasteiger partial charge is 0.227 e. The molecule has 194 valence electrons. The van der Waals surface area contributed by atoms with Crippen LogP contribution in [0.2, 0.25) is 0 Å². The van der Waals surface area contributed by atoms with Crippen LogP contribution in [0.5, 0.6) is 0 Å². The number of anilines is 2. The first-order valence-electron chi connectivity index (χ1n) is 13.6. The largest absolute Gasteiger partial charge is 0.324 e. The second-order valence-electron chi connectivity index (χ2n) is 10.4. The number of fused-ring (bicyclic) bond motifs is 3. The lowest BCUT2D eigenvalue weighted by atomic mass is 9.78. The van der Waals surface area contributed by atoms with E-state index in [2.05, 4.69) is 39.9 Å². The van der Waals surface area contributed by atoms with Crippen LogP contribution in [0.25, 0.3) is 11.3 Å². The average molecular weight is 511 g/mol. The Hall–Kier alpha value is -3.64. The summed E-state index contributed by atoms with van der Waals surface area (Å²) in [5.74, 6) is -1.21. The van der Waals surface area contributed by atoms with Gasteiger partial charge in [0.1, 0.15) is 0 Å². The Kier molecular flexibility index (Phi) is 7.14. The van der Waals surface area contributed by atoms with Gasteiger partial charge < -0.3 is 10.6 Å². The molecule has 2 aliphatic rings. The number of halogens is 2. The molecular formula is C32H32F2N4. The number of nitrogens with one attached hydrogen (secondary N) is 2. The zero-order valence-corrected chi connectivity index (χ0v) is 21.4. The fraction of sp³-hybridized carbons (Fsp3) is 0.312. The standard InChI is InChI=1S/C32H32F2N4/c33-29-15-12-22(19-30(29)34)28-18-23-20-36-32(38-31(23)27-9-5-4-8-26(27)28)37-25-13-10-21(11-14-25)16-17-35-24-6-2-1-3-7-24/h4-5,8-15,19-20,24,28,35H,1-3,6-7,16-18H2,(H,36,37,38). The maximum Gasteiger partial charge on any atom is 0.227 e. The summed E-state index contributed by atoms with van der Waals surface area (Å²) in [6.07, 6.45) is 10.2. The Morgan fingerprint density at radius 3 is 2.50 bits per heavy atom. The minimum atomic E-state index is -0.832. The first-order valence-corrected chi connectivity index (χ1v) is 13.6. The summed E-state index contributed by atoms with van der Waals surface area (Å²) >= 11 is 0. The molecule has 0 saturated heterocycles. The molecule has 0 aliphatic heterocycles. The minimum Gasteiger partial charge on any atom is -0.324 e. The van der Waals surface area contributed by atoms with Crippen molar-refractivity contribution in [3.8, 4) is 11.3 Å². The van der Waals surface area contributed by atoms with E-state index in [-0.39, 0.29) is 5.92 Å². The molecule has 1 heterocycles. The molecule has 0 radical (unpaired) electrons. The molecule has 1 fully saturated rings. The summed E-state index contributed by atoms with van der Waals surface area (Å²) in [7, 11) is 0. The van der Waals surface area contributed by atoms with Gasteiger partial charge in [0.25, 0.3) is 0 Å². The Balaban J connectivity index is 1.16. The van der Waals surface area contributed by atoms with Gasteiger partial charge in [-0.2, -0.15) is 0 Å². The Morgan fingerprint density at radius 2 is 1.68 bits per heavy atom. The van der Waals surface area contributed by atoms with Gasteiger partial charge in [-0.25, -0.2) is 18.7 Å². The zero-order valence-electron chi connectivity index (χ0n) is 21.4. The molecule has 1 atom stereocenters. The van der Waals surface area contributed by atoms with Gasteiger partial charge in [-0.1, -0.05) is 61.7 Å². The molecule has 4 aromatic rings. The number of rotatable bonds is 7. The molecule has 3 aromatic carbocycles. The van der Waals surface area contributed by atoms with Crippen molar-refractivity contribution in [3.63, 3.8) is 0 Å². The Bertz CT molecular complexity index is 1410. The molecule has 0 bridgehead atoms. The summed E-state index contributed by atoms with van der Waals surface area (Å²) in [5, 5.41) is 7.06. The Labute approximate surface area is 222 Å². The van der Waals surface area contributed by atoms with Crippen molar-refractivity contribution in [2.75, 3.05) is 11.9 Å². The van der Waals surface area contributed by atoms with Gasteiger partial charge in [-0.3, -0.25) is 0 Å². The normalized spacial score (nSPS) is 17.1. The SMILES string of the molecule is Fc1ccc(C2Cc3cnc(Nc4ccc(CCNC5CCCCC5)cc4)nc3-c3ccccc32)cc1F. The molecule has 4 nitrogen and oxygen atoms in total. The van der Waals surface area contributed by atoms with E-state index in [9.17, 15) is 8.78 Å². The lowest BCUT2D eigenvalue weighted by Gasteiger charge is -2.27. The van der Waals surface area contributed by atoms with Crippen molar-refractivity contribution < 1.29 is 8.78 Å². The van der Waals surface area contributed by atoms with Gasteiger partial charge in [0.2, 0.25) is 5.95 Å². The molecule has 0 spiro atoms. The van der Waals surface area contributed by atoms with Gasteiger partial charge in [-0.05, 0) is 78.7 Å². The minimum absolute atomic E-state index is 0.0867. The Morgan fingerprint density at radius 1 is 0.868 bits per heavy atom. The third kappa shape index (κ3) is 5.32. The summed E-state index contributed by atoms with van der Waals surface area (Å²) in [5.41, 5.74) is 6.92. The highest BCUT2D eigenvalue weighted by molar-refractivity contribution is 5.73. The summed E-state index contributed by atoms with van der Waals surface area (Å²) in [6.45, 7) is 1.01. The van der Waals surface area contributed by atoms with Gasteiger partial charge >= 0.3 is 0 Å². The molecule has 1 saturated carbocycles. The van der Waals surface area contributed by atoms with Crippen molar-refractivity contribution in [2.45, 2.75) is 56.9 Å². The quantitative estimate of drug-likeness (QED) is 0.274. The molecule has 1 unspecified atom stereocenters. The van der Waals surface area contributed by atoms with Crippen molar-refractivity contribution in [1.82, 2.24) is 15.3 Å². The maximum atomic E-state index is 14.0. The fourth-order valence-electron chi connectivity index (χ4n) is 5.83. The predicted octanol–water partition coefficient (Wildman–Crippen LogP) is 7.32. The number of aromatic nitrogens is 2. The van der Waals surface area contributed by atoms with E-state index < -0.39 is 11.6 Å². The van der Waals surface area contributed by atoms with Crippen LogP contribution in [0.1, 0.15) is 60.3 Å². The van der Waals surface area contributed by atoms with E-state index in [1.807, 2.05) is 30.5 Å². The van der Waals surface area contributed by atoms with E-state index >= 15 is 0 Å². The van der Waals surface area contributed by atoms with E-state index in [4.69, 9.17) is 4.98 Å². The molecule has 2 N–H and O–H groups in total. The van der Waals surface area contributed by atoms with Gasteiger partial charge in [0.15, 0.2) is 11.6 Å². The van der Waals surface area contributed by atoms with Gasteiger partial charge in [0, 0.05) is 29.4 Å². The van der Waals surface area contributed by atoms with E-state index in [0.29, 0.717) is 18.4 Å². The highest BCUT2D eigenvalue weighted by Crippen LogP contribution is 2.42. The molecular weight excluding hydrogens is 478 g/mol. The van der Waals surface area contributed by atoms with Crippen LogP contribution in [-0.4, -0.2) is 22.6 Å². The number of hydrogen-bond acceptors (Lipinski definition) is 4. The van der Waals surface area contributed by atoms with Crippen LogP contribution in [0.15, 0.2) is 72.9 Å². The van der Waals surface area contributed by atoms with E-state index in [0.717, 1.165) is 46.6 Å². The van der Waals surface area contributed by atoms with E-state index in [1.165, 1.54) is 49.8 Å². The van der Waals surface area contributed by atoms with Gasteiger partial charge in [0.05, 0.1) is 5.69 Å². The summed E-state index contributed by atoms with van der Waals surface area (Å²) in [4.78, 5) is 9.44. The number of benzene rings is 3. The van der Waals surface area contributed by atoms with Crippen LogP contribution in [0.3, 0.4) is 0 Å². The predicted molar refractivity (Wildman–Crippen MR) is 148 cm³/mol. The second kappa shape index (κ2) is 11.0. The van der Waals surface area contributed by atoms with Crippen LogP contribution in [-0.2, 0) is 12.8 Å². The van der Waals surface area contributed by atoms with Crippen molar-refractivity contribution >= 4 is 11.6 Å². The third-order valence-electron chi connectivity index (χ3n) is 7.89. The van der Waals surface area contributed by atoms with Crippen molar-refractivity contribution in [3.05, 3.63) is 107 Å². The topological polar surface area (TPSA) is 49.8 Å². The number of hydrogen-bond donors (Lipinski definition) is 2. The molecule has 6 rings (SSSR count). The molecule has 0 amide bonds. The van der Waals surface area contributed by atoms with Crippen LogP contribution < -0.4 is 10.6 Å². The molecule has 2 aliphatic carbocycles. The maximum absolute atomic E-state index is 14.0. The first-order chi connectivity index (χ1) is 18.6. The lowest BCUT2D eigenvalue weighted by molar-refractivity contribution is 0.375. The summed E-state index contributed by atoms with van der Waals surface area (Å²) < 4.78 is 27.6. The van der Waals surface area contributed by atoms with Crippen molar-refractivity contribution in [1.29, 1.82) is 0 Å². The van der Waals surface area contributed by atoms with Gasteiger partial charge in [-0.15, -0.1) is 0 Å². The first kappa shape index (κ1) is 24.7. The molecule has 1 aromatic heterocycles. The average Bonchev–Trinajstić information content (AvgIpc) is 2.96. The van der Waals surface area contributed by atoms with Crippen molar-refractivity contribution in [2.24, 2.45) is 0 Å². The monoisotopic (exact) mass is 510 g/mol. The fourth-order valence-corrected chi connectivity index (χ4v) is 5.83. The summed E-state index contributed by atoms with van der Waals surface area (Å²) in [6, 6.07) is 21.3. The molecule has 6 heteroatoms. The van der Waals surface area contributed by atoms with Crippen LogP contribution in [0.4, 0.5) is 20.4 Å². The zero-order chi connectivity index (χ0) is 25.9.